The van der Waals surface area contributed by atoms with Crippen molar-refractivity contribution in [2.75, 3.05) is 18.1 Å². The van der Waals surface area contributed by atoms with Crippen molar-refractivity contribution in [3.63, 3.8) is 0 Å². The highest BCUT2D eigenvalue weighted by Gasteiger charge is 2.37. The van der Waals surface area contributed by atoms with Crippen molar-refractivity contribution in [1.29, 1.82) is 0 Å². The number of thioether (sulfide) groups is 1. The average Bonchev–Trinajstić information content (AvgIpc) is 2.53. The highest BCUT2D eigenvalue weighted by atomic mass is 32.2. The Kier molecular flexibility index (Phi) is 4.19. The second-order valence-electron chi connectivity index (χ2n) is 5.60. The van der Waals surface area contributed by atoms with Crippen LogP contribution in [0.25, 0.3) is 0 Å². The van der Waals surface area contributed by atoms with Gasteiger partial charge in [-0.15, -0.1) is 0 Å². The molecule has 1 aliphatic heterocycles. The maximum absolute atomic E-state index is 12.9. The van der Waals surface area contributed by atoms with Gasteiger partial charge in [0.05, 0.1) is 5.92 Å². The van der Waals surface area contributed by atoms with Gasteiger partial charge >= 0.3 is 5.97 Å². The lowest BCUT2D eigenvalue weighted by Crippen LogP contribution is -2.52. The van der Waals surface area contributed by atoms with Gasteiger partial charge in [-0.2, -0.15) is 11.8 Å². The van der Waals surface area contributed by atoms with Crippen LogP contribution < -0.4 is 0 Å². The van der Waals surface area contributed by atoms with Crippen molar-refractivity contribution in [1.82, 2.24) is 4.90 Å². The van der Waals surface area contributed by atoms with Gasteiger partial charge in [-0.25, -0.2) is 4.79 Å². The van der Waals surface area contributed by atoms with Gasteiger partial charge in [-0.1, -0.05) is 24.3 Å². The van der Waals surface area contributed by atoms with E-state index in [0.717, 1.165) is 30.6 Å². The average molecular weight is 305 g/mol. The van der Waals surface area contributed by atoms with Gasteiger partial charge in [-0.3, -0.25) is 4.79 Å². The summed E-state index contributed by atoms with van der Waals surface area (Å²) in [4.78, 5) is 25.9. The first kappa shape index (κ1) is 14.4. The number of fused-ring (bicyclic) bond motifs is 1. The van der Waals surface area contributed by atoms with E-state index < -0.39 is 12.0 Å². The molecule has 21 heavy (non-hydrogen) atoms. The van der Waals surface area contributed by atoms with Crippen LogP contribution in [0.15, 0.2) is 24.3 Å². The van der Waals surface area contributed by atoms with Crippen LogP contribution in [0, 0.1) is 0 Å². The highest BCUT2D eigenvalue weighted by Crippen LogP contribution is 2.34. The Labute approximate surface area is 128 Å². The third kappa shape index (κ3) is 2.79. The highest BCUT2D eigenvalue weighted by molar-refractivity contribution is 7.99. The predicted octanol–water partition coefficient (Wildman–Crippen LogP) is 2.14. The van der Waals surface area contributed by atoms with Crippen LogP contribution in [0.4, 0.5) is 0 Å². The number of carbonyl (C=O) groups is 2. The molecule has 1 heterocycles. The van der Waals surface area contributed by atoms with Gasteiger partial charge in [0.15, 0.2) is 0 Å². The molecule has 0 aromatic heterocycles. The van der Waals surface area contributed by atoms with Crippen LogP contribution in [0.1, 0.15) is 29.9 Å². The van der Waals surface area contributed by atoms with E-state index in [-0.39, 0.29) is 11.8 Å². The number of benzene rings is 1. The Morgan fingerprint density at radius 3 is 2.90 bits per heavy atom. The maximum atomic E-state index is 12.9. The van der Waals surface area contributed by atoms with E-state index in [9.17, 15) is 14.7 Å². The first-order valence-corrected chi connectivity index (χ1v) is 8.53. The molecular formula is C16H19NO3S. The van der Waals surface area contributed by atoms with Gasteiger partial charge in [0, 0.05) is 18.1 Å². The minimum absolute atomic E-state index is 0.00477. The first-order valence-electron chi connectivity index (χ1n) is 7.37. The lowest BCUT2D eigenvalue weighted by atomic mass is 9.82. The molecule has 1 aromatic rings. The number of nitrogens with zero attached hydrogens (tertiary/aromatic N) is 1. The Bertz CT molecular complexity index is 560. The van der Waals surface area contributed by atoms with Crippen molar-refractivity contribution in [2.45, 2.75) is 31.2 Å². The van der Waals surface area contributed by atoms with Crippen LogP contribution in [-0.2, 0) is 16.0 Å². The number of hydrogen-bond donors (Lipinski definition) is 1. The van der Waals surface area contributed by atoms with Gasteiger partial charge < -0.3 is 10.0 Å². The summed E-state index contributed by atoms with van der Waals surface area (Å²) >= 11 is 1.61. The normalized spacial score (nSPS) is 25.2. The van der Waals surface area contributed by atoms with Crippen LogP contribution in [0.3, 0.4) is 0 Å². The zero-order valence-corrected chi connectivity index (χ0v) is 12.6. The monoisotopic (exact) mass is 305 g/mol. The fourth-order valence-corrected chi connectivity index (χ4v) is 4.32. The number of aryl methyl sites for hydroxylation is 1. The van der Waals surface area contributed by atoms with Crippen molar-refractivity contribution < 1.29 is 14.7 Å². The summed E-state index contributed by atoms with van der Waals surface area (Å²) in [7, 11) is 0. The summed E-state index contributed by atoms with van der Waals surface area (Å²) in [5.74, 6) is 0.258. The molecule has 0 radical (unpaired) electrons. The van der Waals surface area contributed by atoms with Crippen molar-refractivity contribution >= 4 is 23.6 Å². The molecule has 0 bridgehead atoms. The Balaban J connectivity index is 1.86. The van der Waals surface area contributed by atoms with Crippen LogP contribution >= 0.6 is 11.8 Å². The second kappa shape index (κ2) is 6.10. The van der Waals surface area contributed by atoms with Crippen LogP contribution in [0.5, 0.6) is 0 Å². The van der Waals surface area contributed by atoms with Crippen molar-refractivity contribution in [2.24, 2.45) is 0 Å². The summed E-state index contributed by atoms with van der Waals surface area (Å²) in [6.45, 7) is 0.541. The number of rotatable bonds is 2. The van der Waals surface area contributed by atoms with E-state index in [1.165, 1.54) is 5.56 Å². The van der Waals surface area contributed by atoms with E-state index in [0.29, 0.717) is 12.3 Å². The largest absolute Gasteiger partial charge is 0.480 e. The molecular weight excluding hydrogens is 286 g/mol. The topological polar surface area (TPSA) is 57.6 Å². The maximum Gasteiger partial charge on any atom is 0.327 e. The second-order valence-corrected chi connectivity index (χ2v) is 6.75. The molecule has 3 rings (SSSR count). The number of aliphatic carboxylic acids is 1. The molecule has 2 atom stereocenters. The van der Waals surface area contributed by atoms with Crippen LogP contribution in [0.2, 0.25) is 0 Å². The van der Waals surface area contributed by atoms with E-state index in [4.69, 9.17) is 0 Å². The number of carbonyl (C=O) groups excluding carboxylic acids is 1. The fourth-order valence-electron chi connectivity index (χ4n) is 3.28. The molecule has 1 aliphatic carbocycles. The predicted molar refractivity (Wildman–Crippen MR) is 82.6 cm³/mol. The molecule has 1 aromatic carbocycles. The molecule has 5 heteroatoms. The summed E-state index contributed by atoms with van der Waals surface area (Å²) in [5, 5.41) is 9.34. The van der Waals surface area contributed by atoms with Gasteiger partial charge in [0.1, 0.15) is 6.04 Å². The fraction of sp³-hybridized carbons (Fsp3) is 0.500. The molecule has 1 saturated heterocycles. The molecule has 2 aliphatic rings. The Morgan fingerprint density at radius 2 is 2.10 bits per heavy atom. The number of carboxylic acid groups (broad SMARTS) is 1. The lowest BCUT2D eigenvalue weighted by Gasteiger charge is -2.36. The summed E-state index contributed by atoms with van der Waals surface area (Å²) in [6.07, 6.45) is 2.83. The molecule has 2 unspecified atom stereocenters. The number of carboxylic acids is 1. The van der Waals surface area contributed by atoms with E-state index in [2.05, 4.69) is 6.07 Å². The number of hydrogen-bond acceptors (Lipinski definition) is 3. The Hall–Kier alpha value is -1.49. The standard InChI is InChI=1S/C16H19NO3S/c18-15(17-8-9-21-10-14(17)16(19)20)13-7-3-5-11-4-1-2-6-12(11)13/h1-2,4,6,13-14H,3,5,7-10H2,(H,19,20). The number of amides is 1. The smallest absolute Gasteiger partial charge is 0.327 e. The third-order valence-electron chi connectivity index (χ3n) is 4.36. The summed E-state index contributed by atoms with van der Waals surface area (Å²) in [5.41, 5.74) is 2.33. The SMILES string of the molecule is O=C(O)C1CSCCN1C(=O)C1CCCc2ccccc21. The molecule has 1 N–H and O–H groups in total. The first-order chi connectivity index (χ1) is 10.2. The van der Waals surface area contributed by atoms with Gasteiger partial charge in [0.2, 0.25) is 5.91 Å². The molecule has 0 saturated carbocycles. The van der Waals surface area contributed by atoms with E-state index >= 15 is 0 Å². The zero-order valence-electron chi connectivity index (χ0n) is 11.8. The van der Waals surface area contributed by atoms with Gasteiger partial charge in [-0.05, 0) is 30.4 Å². The Morgan fingerprint density at radius 1 is 1.29 bits per heavy atom. The van der Waals surface area contributed by atoms with Crippen LogP contribution in [-0.4, -0.2) is 46.0 Å². The van der Waals surface area contributed by atoms with Gasteiger partial charge in [0.25, 0.3) is 0 Å². The minimum Gasteiger partial charge on any atom is -0.480 e. The third-order valence-corrected chi connectivity index (χ3v) is 5.39. The minimum atomic E-state index is -0.889. The van der Waals surface area contributed by atoms with E-state index in [1.807, 2.05) is 18.2 Å². The molecule has 1 fully saturated rings. The molecule has 0 spiro atoms. The summed E-state index contributed by atoms with van der Waals surface area (Å²) < 4.78 is 0. The molecule has 112 valence electrons. The van der Waals surface area contributed by atoms with Crippen molar-refractivity contribution in [3.05, 3.63) is 35.4 Å². The molecule has 1 amide bonds. The molecule has 4 nitrogen and oxygen atoms in total. The van der Waals surface area contributed by atoms with E-state index in [1.54, 1.807) is 16.7 Å². The van der Waals surface area contributed by atoms with Crippen molar-refractivity contribution in [3.8, 4) is 0 Å². The quantitative estimate of drug-likeness (QED) is 0.909. The summed E-state index contributed by atoms with van der Waals surface area (Å²) in [6, 6.07) is 7.39. The zero-order chi connectivity index (χ0) is 14.8. The lowest BCUT2D eigenvalue weighted by molar-refractivity contribution is -0.150.